The fourth-order valence-corrected chi connectivity index (χ4v) is 4.19. The number of fused-ring (bicyclic) bond motifs is 1. The first kappa shape index (κ1) is 27.0. The first-order valence-electron chi connectivity index (χ1n) is 12.3. The number of carbonyl (C=O) groups is 2. The van der Waals surface area contributed by atoms with Crippen molar-refractivity contribution >= 4 is 40.5 Å². The van der Waals surface area contributed by atoms with Gasteiger partial charge in [-0.1, -0.05) is 0 Å². The number of H-pyrrole nitrogens is 1. The van der Waals surface area contributed by atoms with Gasteiger partial charge in [-0.05, 0) is 76.1 Å². The van der Waals surface area contributed by atoms with Crippen molar-refractivity contribution in [3.8, 4) is 0 Å². The Bertz CT molecular complexity index is 1340. The van der Waals surface area contributed by atoms with E-state index >= 15 is 0 Å². The number of nitrogens with one attached hydrogen (secondary N) is 3. The van der Waals surface area contributed by atoms with Gasteiger partial charge in [0.05, 0.1) is 0 Å². The number of aromatic amines is 1. The zero-order chi connectivity index (χ0) is 27.5. The third kappa shape index (κ3) is 7.05. The highest BCUT2D eigenvalue weighted by Crippen LogP contribution is 2.32. The molecule has 38 heavy (non-hydrogen) atoms. The van der Waals surface area contributed by atoms with Crippen LogP contribution >= 0.6 is 0 Å². The summed E-state index contributed by atoms with van der Waals surface area (Å²) in [4.78, 5) is 33.3. The van der Waals surface area contributed by atoms with Gasteiger partial charge in [0.25, 0.3) is 0 Å². The molecule has 1 fully saturated rings. The molecule has 0 unspecified atom stereocenters. The molecule has 4 rings (SSSR count). The van der Waals surface area contributed by atoms with Crippen LogP contribution in [-0.2, 0) is 15.7 Å². The molecule has 3 heterocycles. The Morgan fingerprint density at radius 2 is 1.84 bits per heavy atom. The van der Waals surface area contributed by atoms with E-state index in [1.807, 2.05) is 18.2 Å². The van der Waals surface area contributed by atoms with Crippen LogP contribution in [0.5, 0.6) is 0 Å². The number of alkyl carbamates (subject to hydrolysis) is 1. The quantitative estimate of drug-likeness (QED) is 0.367. The van der Waals surface area contributed by atoms with Gasteiger partial charge in [0, 0.05) is 53.6 Å². The van der Waals surface area contributed by atoms with Crippen LogP contribution in [-0.4, -0.2) is 46.7 Å². The summed E-state index contributed by atoms with van der Waals surface area (Å²) in [5.74, 6) is -0.292. The molecule has 3 N–H and O–H groups in total. The summed E-state index contributed by atoms with van der Waals surface area (Å²) in [7, 11) is 0. The molecule has 1 aliphatic heterocycles. The van der Waals surface area contributed by atoms with Crippen molar-refractivity contribution in [2.24, 2.45) is 0 Å². The Morgan fingerprint density at radius 3 is 2.53 bits per heavy atom. The van der Waals surface area contributed by atoms with Crippen LogP contribution in [0.15, 0.2) is 48.7 Å². The van der Waals surface area contributed by atoms with Gasteiger partial charge in [0.2, 0.25) is 5.91 Å². The Morgan fingerprint density at radius 1 is 1.11 bits per heavy atom. The van der Waals surface area contributed by atoms with Gasteiger partial charge >= 0.3 is 12.3 Å². The minimum atomic E-state index is -4.61. The van der Waals surface area contributed by atoms with Crippen LogP contribution in [0.3, 0.4) is 0 Å². The van der Waals surface area contributed by atoms with Gasteiger partial charge in [0.15, 0.2) is 0 Å². The summed E-state index contributed by atoms with van der Waals surface area (Å²) >= 11 is 0. The number of amides is 2. The lowest BCUT2D eigenvalue weighted by atomic mass is 10.0. The van der Waals surface area contributed by atoms with Crippen molar-refractivity contribution in [1.82, 2.24) is 15.3 Å². The van der Waals surface area contributed by atoms with Crippen LogP contribution in [0.25, 0.3) is 17.0 Å². The summed E-state index contributed by atoms with van der Waals surface area (Å²) in [6.07, 6.45) is 0.389. The smallest absolute Gasteiger partial charge is 0.433 e. The SMILES string of the molecule is CC(C)(C)OC(=O)NC1CCN(c2nc(C(F)(F)F)ccc2/C=C/C(=O)Nc2ccc3[nH]ccc3c2)CC1. The molecule has 1 saturated heterocycles. The molecular formula is C27H30F3N5O3. The molecule has 0 atom stereocenters. The lowest BCUT2D eigenvalue weighted by molar-refractivity contribution is -0.141. The molecular weight excluding hydrogens is 499 g/mol. The van der Waals surface area contributed by atoms with Crippen molar-refractivity contribution < 1.29 is 27.5 Å². The van der Waals surface area contributed by atoms with E-state index in [1.54, 1.807) is 37.9 Å². The molecule has 202 valence electrons. The minimum absolute atomic E-state index is 0.133. The van der Waals surface area contributed by atoms with Gasteiger partial charge < -0.3 is 25.3 Å². The highest BCUT2D eigenvalue weighted by atomic mass is 19.4. The molecule has 0 aliphatic carbocycles. The third-order valence-corrected chi connectivity index (χ3v) is 5.95. The van der Waals surface area contributed by atoms with Crippen LogP contribution in [0.4, 0.5) is 29.5 Å². The molecule has 3 aromatic rings. The highest BCUT2D eigenvalue weighted by molar-refractivity contribution is 6.03. The molecule has 2 aromatic heterocycles. The molecule has 0 spiro atoms. The number of piperidine rings is 1. The monoisotopic (exact) mass is 529 g/mol. The molecule has 11 heteroatoms. The van der Waals surface area contributed by atoms with E-state index in [2.05, 4.69) is 20.6 Å². The van der Waals surface area contributed by atoms with E-state index in [0.29, 0.717) is 37.2 Å². The number of nitrogens with zero attached hydrogens (tertiary/aromatic N) is 2. The maximum Gasteiger partial charge on any atom is 0.433 e. The zero-order valence-electron chi connectivity index (χ0n) is 21.4. The number of anilines is 2. The van der Waals surface area contributed by atoms with Crippen molar-refractivity contribution in [3.05, 3.63) is 59.9 Å². The second-order valence-corrected chi connectivity index (χ2v) is 10.1. The van der Waals surface area contributed by atoms with Crippen LogP contribution in [0.2, 0.25) is 0 Å². The Labute approximate surface area is 218 Å². The molecule has 8 nitrogen and oxygen atoms in total. The van der Waals surface area contributed by atoms with E-state index < -0.39 is 29.5 Å². The number of halogens is 3. The van der Waals surface area contributed by atoms with E-state index in [-0.39, 0.29) is 11.9 Å². The van der Waals surface area contributed by atoms with Crippen molar-refractivity contribution in [2.45, 2.75) is 51.4 Å². The number of hydrogen-bond donors (Lipinski definition) is 3. The molecule has 0 saturated carbocycles. The van der Waals surface area contributed by atoms with Crippen molar-refractivity contribution in [2.75, 3.05) is 23.3 Å². The summed E-state index contributed by atoms with van der Waals surface area (Å²) in [6.45, 7) is 6.05. The van der Waals surface area contributed by atoms with Crippen molar-refractivity contribution in [1.29, 1.82) is 0 Å². The Hall–Kier alpha value is -4.02. The Balaban J connectivity index is 1.46. The fraction of sp³-hybridized carbons (Fsp3) is 0.370. The summed E-state index contributed by atoms with van der Waals surface area (Å²) < 4.78 is 45.6. The van der Waals surface area contributed by atoms with E-state index in [1.165, 1.54) is 18.2 Å². The van der Waals surface area contributed by atoms with Gasteiger partial charge in [-0.2, -0.15) is 13.2 Å². The summed E-state index contributed by atoms with van der Waals surface area (Å²) in [5, 5.41) is 6.51. The Kier molecular flexibility index (Phi) is 7.66. The predicted molar refractivity (Wildman–Crippen MR) is 140 cm³/mol. The lowest BCUT2D eigenvalue weighted by Crippen LogP contribution is -2.46. The maximum absolute atomic E-state index is 13.4. The number of carbonyl (C=O) groups excluding carboxylic acids is 2. The standard InChI is InChI=1S/C27H30F3N5O3/c1-26(2,3)38-25(37)33-19-11-14-35(15-12-19)24-17(4-8-22(34-24)27(28,29)30)5-9-23(36)32-20-6-7-21-18(16-20)10-13-31-21/h4-10,13,16,19,31H,11-12,14-15H2,1-3H3,(H,32,36)(H,33,37)/b9-5+. The summed E-state index contributed by atoms with van der Waals surface area (Å²) in [5.41, 5.74) is 0.270. The number of alkyl halides is 3. The highest BCUT2D eigenvalue weighted by Gasteiger charge is 2.34. The van der Waals surface area contributed by atoms with E-state index in [9.17, 15) is 22.8 Å². The molecule has 0 radical (unpaired) electrons. The van der Waals surface area contributed by atoms with E-state index in [4.69, 9.17) is 4.74 Å². The molecule has 2 amide bonds. The van der Waals surface area contributed by atoms with Crippen molar-refractivity contribution in [3.63, 3.8) is 0 Å². The zero-order valence-corrected chi connectivity index (χ0v) is 21.4. The first-order valence-corrected chi connectivity index (χ1v) is 12.3. The summed E-state index contributed by atoms with van der Waals surface area (Å²) in [6, 6.07) is 9.34. The van der Waals surface area contributed by atoms with Gasteiger partial charge in [-0.3, -0.25) is 4.79 Å². The third-order valence-electron chi connectivity index (χ3n) is 5.95. The van der Waals surface area contributed by atoms with Gasteiger partial charge in [0.1, 0.15) is 17.1 Å². The molecule has 1 aromatic carbocycles. The number of aromatic nitrogens is 2. The van der Waals surface area contributed by atoms with Crippen LogP contribution in [0, 0.1) is 0 Å². The number of rotatable bonds is 5. The average Bonchev–Trinajstić information content (AvgIpc) is 3.29. The number of hydrogen-bond acceptors (Lipinski definition) is 5. The molecule has 0 bridgehead atoms. The predicted octanol–water partition coefficient (Wildman–Crippen LogP) is 5.73. The minimum Gasteiger partial charge on any atom is -0.444 e. The lowest BCUT2D eigenvalue weighted by Gasteiger charge is -2.34. The van der Waals surface area contributed by atoms with Gasteiger partial charge in [-0.15, -0.1) is 0 Å². The number of ether oxygens (including phenoxy) is 1. The molecule has 1 aliphatic rings. The maximum atomic E-state index is 13.4. The number of benzene rings is 1. The first-order chi connectivity index (χ1) is 17.9. The van der Waals surface area contributed by atoms with E-state index in [0.717, 1.165) is 17.0 Å². The number of pyridine rings is 1. The normalized spacial score (nSPS) is 15.2. The van der Waals surface area contributed by atoms with Crippen LogP contribution in [0.1, 0.15) is 44.9 Å². The average molecular weight is 530 g/mol. The van der Waals surface area contributed by atoms with Gasteiger partial charge in [-0.25, -0.2) is 9.78 Å². The fourth-order valence-electron chi connectivity index (χ4n) is 4.19. The largest absolute Gasteiger partial charge is 0.444 e. The second-order valence-electron chi connectivity index (χ2n) is 10.1. The van der Waals surface area contributed by atoms with Crippen LogP contribution < -0.4 is 15.5 Å². The second kappa shape index (κ2) is 10.8. The topological polar surface area (TPSA) is 99.3 Å².